The van der Waals surface area contributed by atoms with Crippen molar-refractivity contribution in [2.24, 2.45) is 0 Å². The number of amides is 1. The van der Waals surface area contributed by atoms with Crippen LogP contribution in [-0.2, 0) is 20.5 Å². The van der Waals surface area contributed by atoms with E-state index >= 15 is 0 Å². The number of nitrogens with one attached hydrogen (secondary N) is 1. The molecule has 10 heteroatoms. The zero-order valence-corrected chi connectivity index (χ0v) is 13.7. The van der Waals surface area contributed by atoms with Crippen LogP contribution in [0, 0.1) is 6.92 Å². The largest absolute Gasteiger partial charge is 0.464 e. The van der Waals surface area contributed by atoms with Crippen molar-refractivity contribution in [1.82, 2.24) is 15.1 Å². The lowest BCUT2D eigenvalue weighted by Crippen LogP contribution is -2.45. The summed E-state index contributed by atoms with van der Waals surface area (Å²) in [6.07, 6.45) is -4.59. The van der Waals surface area contributed by atoms with Crippen molar-refractivity contribution in [2.75, 3.05) is 12.4 Å². The first-order valence-electron chi connectivity index (χ1n) is 6.83. The Hall–Kier alpha value is -1.71. The number of carbonyl (C=O) groups is 2. The second-order valence-electron chi connectivity index (χ2n) is 4.79. The maximum atomic E-state index is 12.7. The minimum atomic E-state index is -4.59. The van der Waals surface area contributed by atoms with Gasteiger partial charge >= 0.3 is 12.1 Å². The molecule has 0 aliphatic heterocycles. The smallest absolute Gasteiger partial charge is 0.435 e. The van der Waals surface area contributed by atoms with Gasteiger partial charge in [0.1, 0.15) is 12.1 Å². The van der Waals surface area contributed by atoms with E-state index in [1.165, 1.54) is 13.8 Å². The molecule has 1 aromatic rings. The molecule has 130 valence electrons. The summed E-state index contributed by atoms with van der Waals surface area (Å²) in [5.74, 6) is -1.31. The molecule has 0 saturated carbocycles. The first-order chi connectivity index (χ1) is 10.6. The van der Waals surface area contributed by atoms with E-state index in [4.69, 9.17) is 4.74 Å². The van der Waals surface area contributed by atoms with Gasteiger partial charge in [-0.25, -0.2) is 4.79 Å². The van der Waals surface area contributed by atoms with Gasteiger partial charge in [0.05, 0.1) is 6.61 Å². The fraction of sp³-hybridized carbons (Fsp3) is 0.615. The predicted octanol–water partition coefficient (Wildman–Crippen LogP) is 1.75. The second kappa shape index (κ2) is 7.71. The number of carbonyl (C=O) groups excluding carboxylic acids is 2. The van der Waals surface area contributed by atoms with Crippen molar-refractivity contribution in [3.63, 3.8) is 0 Å². The number of nitrogens with zero attached hydrogens (tertiary/aromatic N) is 2. The van der Waals surface area contributed by atoms with Crippen molar-refractivity contribution in [2.45, 2.75) is 39.0 Å². The molecule has 0 spiro atoms. The maximum Gasteiger partial charge on any atom is 0.435 e. The summed E-state index contributed by atoms with van der Waals surface area (Å²) in [5, 5.41) is 5.80. The van der Waals surface area contributed by atoms with Crippen LogP contribution < -0.4 is 5.32 Å². The molecule has 0 bridgehead atoms. The SMILES string of the molecule is CCOC(=O)[C@H](CS)NC(=O)C(C)n1nc(C(F)(F)F)cc1C. The van der Waals surface area contributed by atoms with Gasteiger partial charge in [-0.1, -0.05) is 0 Å². The molecule has 0 saturated heterocycles. The number of hydrogen-bond donors (Lipinski definition) is 2. The van der Waals surface area contributed by atoms with Crippen LogP contribution in [0.15, 0.2) is 6.07 Å². The van der Waals surface area contributed by atoms with Gasteiger partial charge in [0.2, 0.25) is 5.91 Å². The van der Waals surface area contributed by atoms with Crippen molar-refractivity contribution in [3.8, 4) is 0 Å². The Bertz CT molecular complexity index is 575. The Balaban J connectivity index is 2.88. The topological polar surface area (TPSA) is 73.2 Å². The number of alkyl halides is 3. The van der Waals surface area contributed by atoms with Crippen LogP contribution in [0.2, 0.25) is 0 Å². The Kier molecular flexibility index (Phi) is 6.48. The Morgan fingerprint density at radius 2 is 2.09 bits per heavy atom. The van der Waals surface area contributed by atoms with E-state index < -0.39 is 35.8 Å². The number of hydrogen-bond acceptors (Lipinski definition) is 5. The monoisotopic (exact) mass is 353 g/mol. The van der Waals surface area contributed by atoms with Crippen molar-refractivity contribution in [1.29, 1.82) is 0 Å². The maximum absolute atomic E-state index is 12.7. The molecule has 1 aromatic heterocycles. The minimum absolute atomic E-state index is 0.00316. The molecular formula is C13H18F3N3O3S. The van der Waals surface area contributed by atoms with E-state index in [1.54, 1.807) is 6.92 Å². The van der Waals surface area contributed by atoms with Crippen LogP contribution in [0.1, 0.15) is 31.3 Å². The molecule has 1 N–H and O–H groups in total. The van der Waals surface area contributed by atoms with Crippen molar-refractivity contribution < 1.29 is 27.5 Å². The predicted molar refractivity (Wildman–Crippen MR) is 79.1 cm³/mol. The van der Waals surface area contributed by atoms with Gasteiger partial charge in [-0.15, -0.1) is 0 Å². The molecule has 23 heavy (non-hydrogen) atoms. The van der Waals surface area contributed by atoms with Crippen molar-refractivity contribution in [3.05, 3.63) is 17.5 Å². The van der Waals surface area contributed by atoms with E-state index in [1.807, 2.05) is 0 Å². The zero-order valence-electron chi connectivity index (χ0n) is 12.8. The Morgan fingerprint density at radius 1 is 1.48 bits per heavy atom. The average molecular weight is 353 g/mol. The quantitative estimate of drug-likeness (QED) is 0.604. The Labute approximate surface area is 136 Å². The van der Waals surface area contributed by atoms with Gasteiger partial charge < -0.3 is 10.1 Å². The normalized spacial score (nSPS) is 14.2. The zero-order chi connectivity index (χ0) is 17.8. The van der Waals surface area contributed by atoms with E-state index in [2.05, 4.69) is 23.0 Å². The molecule has 0 aliphatic rings. The summed E-state index contributed by atoms with van der Waals surface area (Å²) in [6.45, 7) is 4.55. The average Bonchev–Trinajstić information content (AvgIpc) is 2.85. The highest BCUT2D eigenvalue weighted by Gasteiger charge is 2.35. The standard InChI is InChI=1S/C13H18F3N3O3S/c1-4-22-12(21)9(6-23)17-11(20)8(3)19-7(2)5-10(18-19)13(14,15)16/h5,8-9,23H,4,6H2,1-3H3,(H,17,20)/t8?,9-/m0/s1. The summed E-state index contributed by atoms with van der Waals surface area (Å²) in [4.78, 5) is 23.8. The molecule has 0 radical (unpaired) electrons. The van der Waals surface area contributed by atoms with Gasteiger partial charge in [0, 0.05) is 11.4 Å². The number of ether oxygens (including phenoxy) is 1. The molecule has 2 atom stereocenters. The first kappa shape index (κ1) is 19.3. The van der Waals surface area contributed by atoms with Crippen LogP contribution in [0.4, 0.5) is 13.2 Å². The number of thiol groups is 1. The van der Waals surface area contributed by atoms with Gasteiger partial charge in [-0.05, 0) is 26.8 Å². The second-order valence-corrected chi connectivity index (χ2v) is 5.15. The molecule has 1 rings (SSSR count). The summed E-state index contributed by atoms with van der Waals surface area (Å²) in [6, 6.07) is -1.15. The summed E-state index contributed by atoms with van der Waals surface area (Å²) >= 11 is 3.95. The van der Waals surface area contributed by atoms with E-state index in [9.17, 15) is 22.8 Å². The molecule has 0 fully saturated rings. The third-order valence-electron chi connectivity index (χ3n) is 3.03. The molecule has 1 amide bonds. The third kappa shape index (κ3) is 4.88. The lowest BCUT2D eigenvalue weighted by Gasteiger charge is -2.19. The number of aryl methyl sites for hydroxylation is 1. The van der Waals surface area contributed by atoms with Gasteiger partial charge in [0.25, 0.3) is 0 Å². The van der Waals surface area contributed by atoms with E-state index in [-0.39, 0.29) is 18.1 Å². The van der Waals surface area contributed by atoms with Crippen LogP contribution in [0.3, 0.4) is 0 Å². The molecule has 0 aliphatic carbocycles. The number of esters is 1. The van der Waals surface area contributed by atoms with Gasteiger partial charge in [0.15, 0.2) is 5.69 Å². The van der Waals surface area contributed by atoms with Crippen LogP contribution in [-0.4, -0.2) is 40.1 Å². The lowest BCUT2D eigenvalue weighted by atomic mass is 10.2. The highest BCUT2D eigenvalue weighted by atomic mass is 32.1. The molecule has 6 nitrogen and oxygen atoms in total. The first-order valence-corrected chi connectivity index (χ1v) is 7.46. The van der Waals surface area contributed by atoms with E-state index in [0.29, 0.717) is 0 Å². The third-order valence-corrected chi connectivity index (χ3v) is 3.39. The fourth-order valence-electron chi connectivity index (χ4n) is 1.84. The summed E-state index contributed by atoms with van der Waals surface area (Å²) < 4.78 is 43.7. The summed E-state index contributed by atoms with van der Waals surface area (Å²) in [5.41, 5.74) is -0.899. The van der Waals surface area contributed by atoms with E-state index in [0.717, 1.165) is 10.7 Å². The van der Waals surface area contributed by atoms with Gasteiger partial charge in [-0.2, -0.15) is 30.9 Å². The van der Waals surface area contributed by atoms with Crippen LogP contribution in [0.25, 0.3) is 0 Å². The van der Waals surface area contributed by atoms with Gasteiger partial charge in [-0.3, -0.25) is 9.48 Å². The number of halogens is 3. The van der Waals surface area contributed by atoms with Crippen LogP contribution in [0.5, 0.6) is 0 Å². The molecule has 1 heterocycles. The molecule has 0 aromatic carbocycles. The van der Waals surface area contributed by atoms with Crippen LogP contribution >= 0.6 is 12.6 Å². The number of rotatable bonds is 6. The summed E-state index contributed by atoms with van der Waals surface area (Å²) in [7, 11) is 0. The highest BCUT2D eigenvalue weighted by Crippen LogP contribution is 2.29. The minimum Gasteiger partial charge on any atom is -0.464 e. The highest BCUT2D eigenvalue weighted by molar-refractivity contribution is 7.80. The lowest BCUT2D eigenvalue weighted by molar-refractivity contribution is -0.147. The number of aromatic nitrogens is 2. The molecule has 1 unspecified atom stereocenters. The Morgan fingerprint density at radius 3 is 2.52 bits per heavy atom. The molecular weight excluding hydrogens is 335 g/mol. The van der Waals surface area contributed by atoms with Crippen molar-refractivity contribution >= 4 is 24.5 Å². The fourth-order valence-corrected chi connectivity index (χ4v) is 2.08.